The molecule has 0 aliphatic rings. The van der Waals surface area contributed by atoms with Gasteiger partial charge in [-0.3, -0.25) is 14.4 Å². The minimum atomic E-state index is -3.21. The fraction of sp³-hybridized carbons (Fsp3) is 0.500. The van der Waals surface area contributed by atoms with E-state index >= 15 is 0 Å². The molecular formula is C6H5F3KMgO4. The van der Waals surface area contributed by atoms with Gasteiger partial charge in [0.25, 0.3) is 0 Å². The molecule has 77 valence electrons. The minimum absolute atomic E-state index is 0. The molecule has 0 aromatic carbocycles. The first-order chi connectivity index (χ1) is 5.78. The van der Waals surface area contributed by atoms with Crippen LogP contribution in [0.1, 0.15) is 12.8 Å². The van der Waals surface area contributed by atoms with Gasteiger partial charge in [0.05, 0.1) is 12.8 Å². The minimum Gasteiger partial charge on any atom is -0.378 e. The molecule has 15 heavy (non-hydrogen) atoms. The van der Waals surface area contributed by atoms with Crippen LogP contribution in [0.2, 0.25) is 0 Å². The number of carbonyl (C=O) groups is 3. The van der Waals surface area contributed by atoms with Gasteiger partial charge in [0.2, 0.25) is 0 Å². The Kier molecular flexibility index (Phi) is 13.2. The van der Waals surface area contributed by atoms with Crippen molar-refractivity contribution in [2.45, 2.75) is 18.4 Å². The Labute approximate surface area is 142 Å². The summed E-state index contributed by atoms with van der Waals surface area (Å²) in [6.07, 6.45) is -3.14. The van der Waals surface area contributed by atoms with Gasteiger partial charge in [0.1, 0.15) is 0 Å². The van der Waals surface area contributed by atoms with E-state index in [1.165, 1.54) is 0 Å². The smallest absolute Gasteiger partial charge is 0.333 e. The van der Waals surface area contributed by atoms with Crippen molar-refractivity contribution < 1.29 is 32.7 Å². The molecule has 3 radical (unpaired) electrons. The molecule has 0 spiro atoms. The fourth-order valence-electron chi connectivity index (χ4n) is 0.661. The Bertz CT molecular complexity index is 245. The normalized spacial score (nSPS) is 9.60. The van der Waals surface area contributed by atoms with Crippen molar-refractivity contribution in [2.75, 3.05) is 0 Å². The maximum atomic E-state index is 11.9. The van der Waals surface area contributed by atoms with Crippen molar-refractivity contribution >= 4 is 92.5 Å². The summed E-state index contributed by atoms with van der Waals surface area (Å²) in [6, 6.07) is -6.95. The number of halogens is 3. The quantitative estimate of drug-likeness (QED) is 0.521. The summed E-state index contributed by atoms with van der Waals surface area (Å²) in [5, 5.41) is 8.78. The third-order valence-electron chi connectivity index (χ3n) is 1.23. The van der Waals surface area contributed by atoms with E-state index < -0.39 is 36.6 Å². The second kappa shape index (κ2) is 9.22. The molecule has 0 rings (SSSR count). The topological polar surface area (TPSA) is 71.4 Å². The standard InChI is InChI=1S/C6H5F3O4.K.Mg/c7-3(10)1-6(13,5(9)12)2-4(8)11;;/h13H,1-2H2;;. The average molecular weight is 261 g/mol. The summed E-state index contributed by atoms with van der Waals surface area (Å²) in [5.74, 6) is 0. The first-order valence-corrected chi connectivity index (χ1v) is 3.07. The number of hydrogen-bond donors (Lipinski definition) is 1. The summed E-state index contributed by atoms with van der Waals surface area (Å²) < 4.78 is 35.3. The Morgan fingerprint density at radius 2 is 1.27 bits per heavy atom. The molecular weight excluding hydrogens is 256 g/mol. The molecule has 0 bridgehead atoms. The second-order valence-corrected chi connectivity index (χ2v) is 2.37. The predicted octanol–water partition coefficient (Wildman–Crippen LogP) is -0.776. The van der Waals surface area contributed by atoms with Crippen LogP contribution in [0.3, 0.4) is 0 Å². The van der Waals surface area contributed by atoms with E-state index in [0.29, 0.717) is 0 Å². The molecule has 0 aromatic heterocycles. The average Bonchev–Trinajstić information content (AvgIpc) is 1.82. The first-order valence-electron chi connectivity index (χ1n) is 3.07. The van der Waals surface area contributed by atoms with Crippen LogP contribution >= 0.6 is 0 Å². The predicted molar refractivity (Wildman–Crippen MR) is 44.0 cm³/mol. The molecule has 0 atom stereocenters. The summed E-state index contributed by atoms with van der Waals surface area (Å²) in [6.45, 7) is 0. The Balaban J connectivity index is -0.000000720. The molecule has 0 amide bonds. The van der Waals surface area contributed by atoms with Gasteiger partial charge in [-0.1, -0.05) is 0 Å². The van der Waals surface area contributed by atoms with Gasteiger partial charge in [-0.15, -0.1) is 0 Å². The van der Waals surface area contributed by atoms with Gasteiger partial charge in [-0.25, -0.2) is 0 Å². The number of aliphatic hydroxyl groups is 1. The van der Waals surface area contributed by atoms with Crippen LogP contribution in [-0.4, -0.2) is 103 Å². The first kappa shape index (κ1) is 21.4. The largest absolute Gasteiger partial charge is 0.378 e. The van der Waals surface area contributed by atoms with Crippen LogP contribution in [0.4, 0.5) is 13.2 Å². The Hall–Kier alpha value is 1.16. The molecule has 0 saturated heterocycles. The Morgan fingerprint density at radius 3 is 1.40 bits per heavy atom. The van der Waals surface area contributed by atoms with Crippen LogP contribution in [0.25, 0.3) is 0 Å². The van der Waals surface area contributed by atoms with E-state index in [2.05, 4.69) is 0 Å². The maximum Gasteiger partial charge on any atom is 0.333 e. The van der Waals surface area contributed by atoms with Crippen molar-refractivity contribution in [3.05, 3.63) is 0 Å². The van der Waals surface area contributed by atoms with Gasteiger partial charge in [-0.05, 0) is 0 Å². The van der Waals surface area contributed by atoms with Gasteiger partial charge in [0.15, 0.2) is 5.60 Å². The van der Waals surface area contributed by atoms with Crippen molar-refractivity contribution in [1.29, 1.82) is 0 Å². The van der Waals surface area contributed by atoms with E-state index in [1.54, 1.807) is 0 Å². The number of hydrogen-bond acceptors (Lipinski definition) is 4. The second-order valence-electron chi connectivity index (χ2n) is 2.37. The summed E-state index contributed by atoms with van der Waals surface area (Å²) in [5.41, 5.74) is -3.21. The van der Waals surface area contributed by atoms with E-state index in [9.17, 15) is 27.6 Å². The van der Waals surface area contributed by atoms with Gasteiger partial charge < -0.3 is 5.11 Å². The van der Waals surface area contributed by atoms with Gasteiger partial charge in [0, 0.05) is 74.4 Å². The third kappa shape index (κ3) is 8.92. The zero-order valence-electron chi connectivity index (χ0n) is 7.93. The van der Waals surface area contributed by atoms with Crippen molar-refractivity contribution in [3.8, 4) is 0 Å². The molecule has 4 nitrogen and oxygen atoms in total. The zero-order valence-corrected chi connectivity index (χ0v) is 12.5. The SMILES string of the molecule is O=C(F)CC(O)(CC(=O)F)C(=O)F.[K].[Mg]. The third-order valence-corrected chi connectivity index (χ3v) is 1.23. The van der Waals surface area contributed by atoms with Gasteiger partial charge in [-0.2, -0.15) is 13.2 Å². The van der Waals surface area contributed by atoms with Crippen LogP contribution < -0.4 is 0 Å². The van der Waals surface area contributed by atoms with E-state index in [4.69, 9.17) is 5.11 Å². The molecule has 1 N–H and O–H groups in total. The zero-order chi connectivity index (χ0) is 10.6. The molecule has 0 unspecified atom stereocenters. The fourth-order valence-corrected chi connectivity index (χ4v) is 0.661. The molecule has 0 aliphatic heterocycles. The van der Waals surface area contributed by atoms with E-state index in [0.717, 1.165) is 0 Å². The van der Waals surface area contributed by atoms with Crippen molar-refractivity contribution in [1.82, 2.24) is 0 Å². The van der Waals surface area contributed by atoms with Crippen molar-refractivity contribution in [2.24, 2.45) is 0 Å². The molecule has 0 aromatic rings. The number of carbonyl (C=O) groups excluding carboxylic acids is 3. The molecule has 0 fully saturated rings. The number of rotatable bonds is 5. The Morgan fingerprint density at radius 1 is 1.00 bits per heavy atom. The van der Waals surface area contributed by atoms with Gasteiger partial charge >= 0.3 is 18.1 Å². The van der Waals surface area contributed by atoms with Crippen LogP contribution in [-0.2, 0) is 14.4 Å². The van der Waals surface area contributed by atoms with E-state index in [1.807, 2.05) is 0 Å². The summed E-state index contributed by atoms with van der Waals surface area (Å²) in [7, 11) is 0. The van der Waals surface area contributed by atoms with Crippen LogP contribution in [0.15, 0.2) is 0 Å². The van der Waals surface area contributed by atoms with Crippen molar-refractivity contribution in [3.63, 3.8) is 0 Å². The summed E-state index contributed by atoms with van der Waals surface area (Å²) in [4.78, 5) is 29.5. The molecule has 9 heteroatoms. The van der Waals surface area contributed by atoms with E-state index in [-0.39, 0.29) is 74.4 Å². The summed E-state index contributed by atoms with van der Waals surface area (Å²) >= 11 is 0. The van der Waals surface area contributed by atoms with Crippen LogP contribution in [0, 0.1) is 0 Å². The van der Waals surface area contributed by atoms with Crippen LogP contribution in [0.5, 0.6) is 0 Å². The molecule has 0 aliphatic carbocycles. The monoisotopic (exact) mass is 261 g/mol. The molecule has 0 saturated carbocycles. The molecule has 0 heterocycles. The maximum absolute atomic E-state index is 11.9.